The van der Waals surface area contributed by atoms with Crippen molar-refractivity contribution in [2.45, 2.75) is 24.9 Å². The highest BCUT2D eigenvalue weighted by Crippen LogP contribution is 2.39. The molecular formula is C22H21N5O. The third-order valence-corrected chi connectivity index (χ3v) is 5.58. The van der Waals surface area contributed by atoms with E-state index in [9.17, 15) is 0 Å². The minimum Gasteiger partial charge on any atom is -0.378 e. The van der Waals surface area contributed by atoms with Gasteiger partial charge in [-0.15, -0.1) is 0 Å². The van der Waals surface area contributed by atoms with Gasteiger partial charge >= 0.3 is 0 Å². The van der Waals surface area contributed by atoms with E-state index in [2.05, 4.69) is 45.5 Å². The minimum atomic E-state index is 0.386. The Morgan fingerprint density at radius 3 is 2.89 bits per heavy atom. The lowest BCUT2D eigenvalue weighted by atomic mass is 9.80. The first-order chi connectivity index (χ1) is 13.8. The summed E-state index contributed by atoms with van der Waals surface area (Å²) in [7, 11) is 0. The second-order valence-electron chi connectivity index (χ2n) is 7.56. The van der Waals surface area contributed by atoms with Gasteiger partial charge in [0.25, 0.3) is 0 Å². The first kappa shape index (κ1) is 17.0. The molecule has 2 aromatic heterocycles. The Labute approximate surface area is 163 Å². The first-order valence-electron chi connectivity index (χ1n) is 9.64. The van der Waals surface area contributed by atoms with Crippen molar-refractivity contribution in [2.75, 3.05) is 18.5 Å². The SMILES string of the molecule is N#C/C=C/C1CC(n2ccc(-c3cnc4ccc(NC5COC5)cc4n3)c2)C1. The number of hydrogen-bond acceptors (Lipinski definition) is 5. The third-order valence-electron chi connectivity index (χ3n) is 5.58. The zero-order chi connectivity index (χ0) is 18.9. The summed E-state index contributed by atoms with van der Waals surface area (Å²) < 4.78 is 7.48. The second-order valence-corrected chi connectivity index (χ2v) is 7.56. The molecule has 28 heavy (non-hydrogen) atoms. The summed E-state index contributed by atoms with van der Waals surface area (Å²) in [6, 6.07) is 11.1. The highest BCUT2D eigenvalue weighted by Gasteiger charge is 2.28. The molecule has 0 unspecified atom stereocenters. The molecule has 1 saturated heterocycles. The van der Waals surface area contributed by atoms with E-state index in [1.54, 1.807) is 6.08 Å². The Morgan fingerprint density at radius 1 is 1.21 bits per heavy atom. The van der Waals surface area contributed by atoms with Gasteiger partial charge in [0.2, 0.25) is 0 Å². The van der Waals surface area contributed by atoms with Crippen LogP contribution in [0.4, 0.5) is 5.69 Å². The van der Waals surface area contributed by atoms with Crippen molar-refractivity contribution in [3.63, 3.8) is 0 Å². The van der Waals surface area contributed by atoms with Crippen molar-refractivity contribution in [1.82, 2.24) is 14.5 Å². The van der Waals surface area contributed by atoms with E-state index in [4.69, 9.17) is 15.0 Å². The summed E-state index contributed by atoms with van der Waals surface area (Å²) in [6.45, 7) is 1.51. The molecule has 1 aromatic carbocycles. The summed E-state index contributed by atoms with van der Waals surface area (Å²) in [4.78, 5) is 9.42. The number of rotatable bonds is 5. The highest BCUT2D eigenvalue weighted by molar-refractivity contribution is 5.80. The van der Waals surface area contributed by atoms with Gasteiger partial charge in [-0.2, -0.15) is 5.26 Å². The Kier molecular flexibility index (Phi) is 4.30. The van der Waals surface area contributed by atoms with Gasteiger partial charge in [0.1, 0.15) is 0 Å². The zero-order valence-electron chi connectivity index (χ0n) is 15.5. The van der Waals surface area contributed by atoms with Gasteiger partial charge in [0.05, 0.1) is 48.2 Å². The Bertz CT molecular complexity index is 1070. The van der Waals surface area contributed by atoms with Gasteiger partial charge in [0, 0.05) is 35.8 Å². The summed E-state index contributed by atoms with van der Waals surface area (Å²) in [5.74, 6) is 0.517. The number of allylic oxidation sites excluding steroid dienone is 2. The van der Waals surface area contributed by atoms with Crippen molar-refractivity contribution in [3.05, 3.63) is 55.0 Å². The van der Waals surface area contributed by atoms with Gasteiger partial charge in [-0.1, -0.05) is 6.08 Å². The molecule has 6 nitrogen and oxygen atoms in total. The normalized spacial score (nSPS) is 22.0. The van der Waals surface area contributed by atoms with Crippen LogP contribution in [0.25, 0.3) is 22.3 Å². The van der Waals surface area contributed by atoms with Crippen LogP contribution in [0.2, 0.25) is 0 Å². The molecule has 3 heterocycles. The van der Waals surface area contributed by atoms with Crippen LogP contribution in [0, 0.1) is 17.2 Å². The predicted octanol–water partition coefficient (Wildman–Crippen LogP) is 3.94. The van der Waals surface area contributed by atoms with Gasteiger partial charge in [0.15, 0.2) is 0 Å². The van der Waals surface area contributed by atoms with Crippen LogP contribution in [0.3, 0.4) is 0 Å². The van der Waals surface area contributed by atoms with Crippen molar-refractivity contribution < 1.29 is 4.74 Å². The number of fused-ring (bicyclic) bond motifs is 1. The van der Waals surface area contributed by atoms with Gasteiger partial charge in [-0.3, -0.25) is 4.98 Å². The second kappa shape index (κ2) is 7.10. The molecule has 2 fully saturated rings. The standard InChI is InChI=1S/C22H21N5O/c23-6-1-2-15-8-19(9-15)27-7-5-16(12-27)22-11-24-20-4-3-17(10-21(20)26-22)25-18-13-28-14-18/h1-5,7,10-12,15,18-19,25H,8-9,13-14H2/b2-1+. The number of hydrogen-bond donors (Lipinski definition) is 1. The van der Waals surface area contributed by atoms with Crippen molar-refractivity contribution in [2.24, 2.45) is 5.92 Å². The molecule has 2 aliphatic rings. The number of nitrogens with one attached hydrogen (secondary N) is 1. The number of aromatic nitrogens is 3. The van der Waals surface area contributed by atoms with E-state index in [-0.39, 0.29) is 0 Å². The Morgan fingerprint density at radius 2 is 2.11 bits per heavy atom. The largest absolute Gasteiger partial charge is 0.378 e. The highest BCUT2D eigenvalue weighted by atomic mass is 16.5. The molecule has 0 amide bonds. The first-order valence-corrected chi connectivity index (χ1v) is 9.64. The molecule has 6 heteroatoms. The fourth-order valence-corrected chi connectivity index (χ4v) is 3.80. The van der Waals surface area contributed by atoms with E-state index < -0.39 is 0 Å². The number of anilines is 1. The van der Waals surface area contributed by atoms with Gasteiger partial charge < -0.3 is 14.6 Å². The lowest BCUT2D eigenvalue weighted by Crippen LogP contribution is -2.40. The Balaban J connectivity index is 1.34. The average Bonchev–Trinajstić information content (AvgIpc) is 3.12. The van der Waals surface area contributed by atoms with Crippen LogP contribution in [0.1, 0.15) is 18.9 Å². The number of ether oxygens (including phenoxy) is 1. The average molecular weight is 371 g/mol. The lowest BCUT2D eigenvalue weighted by molar-refractivity contribution is 0.0211. The van der Waals surface area contributed by atoms with Crippen LogP contribution < -0.4 is 5.32 Å². The summed E-state index contributed by atoms with van der Waals surface area (Å²) in [6.07, 6.45) is 11.9. The zero-order valence-corrected chi connectivity index (χ0v) is 15.5. The van der Waals surface area contributed by atoms with Crippen LogP contribution in [-0.4, -0.2) is 33.8 Å². The lowest BCUT2D eigenvalue weighted by Gasteiger charge is -2.34. The van der Waals surface area contributed by atoms with E-state index in [0.717, 1.165) is 54.0 Å². The summed E-state index contributed by atoms with van der Waals surface area (Å²) in [5.41, 5.74) is 4.80. The molecule has 5 rings (SSSR count). The van der Waals surface area contributed by atoms with Crippen molar-refractivity contribution in [3.8, 4) is 17.3 Å². The van der Waals surface area contributed by atoms with Crippen LogP contribution in [0.5, 0.6) is 0 Å². The fraction of sp³-hybridized carbons (Fsp3) is 0.318. The van der Waals surface area contributed by atoms with Crippen LogP contribution in [-0.2, 0) is 4.74 Å². The molecule has 0 spiro atoms. The number of nitrogens with zero attached hydrogens (tertiary/aromatic N) is 4. The monoisotopic (exact) mass is 371 g/mol. The molecule has 1 saturated carbocycles. The number of benzene rings is 1. The quantitative estimate of drug-likeness (QED) is 0.688. The van der Waals surface area contributed by atoms with Gasteiger partial charge in [-0.25, -0.2) is 4.98 Å². The van der Waals surface area contributed by atoms with Crippen LogP contribution in [0.15, 0.2) is 55.0 Å². The smallest absolute Gasteiger partial charge is 0.0914 e. The van der Waals surface area contributed by atoms with Crippen LogP contribution >= 0.6 is 0 Å². The number of nitriles is 1. The predicted molar refractivity (Wildman–Crippen MR) is 108 cm³/mol. The summed E-state index contributed by atoms with van der Waals surface area (Å²) >= 11 is 0. The van der Waals surface area contributed by atoms with Crippen molar-refractivity contribution >= 4 is 16.7 Å². The third kappa shape index (κ3) is 3.25. The maximum Gasteiger partial charge on any atom is 0.0914 e. The topological polar surface area (TPSA) is 75.8 Å². The molecule has 0 bridgehead atoms. The summed E-state index contributed by atoms with van der Waals surface area (Å²) in [5, 5.41) is 12.1. The van der Waals surface area contributed by atoms with Gasteiger partial charge in [-0.05, 0) is 43.0 Å². The van der Waals surface area contributed by atoms with Crippen molar-refractivity contribution in [1.29, 1.82) is 5.26 Å². The van der Waals surface area contributed by atoms with E-state index in [1.807, 2.05) is 24.4 Å². The molecule has 3 aromatic rings. The molecule has 0 radical (unpaired) electrons. The molecule has 140 valence electrons. The molecule has 1 aliphatic heterocycles. The van der Waals surface area contributed by atoms with E-state index in [0.29, 0.717) is 18.0 Å². The minimum absolute atomic E-state index is 0.386. The molecular weight excluding hydrogens is 350 g/mol. The molecule has 1 aliphatic carbocycles. The van der Waals surface area contributed by atoms with E-state index >= 15 is 0 Å². The van der Waals surface area contributed by atoms with E-state index in [1.165, 1.54) is 0 Å². The molecule has 0 atom stereocenters. The molecule has 1 N–H and O–H groups in total. The fourth-order valence-electron chi connectivity index (χ4n) is 3.80. The maximum absolute atomic E-state index is 8.63. The maximum atomic E-state index is 8.63. The Hall–Kier alpha value is -3.17.